The lowest BCUT2D eigenvalue weighted by Crippen LogP contribution is -2.55. The molecule has 2 rings (SSSR count). The maximum atomic E-state index is 12.5. The molecular formula is C16H21NO5S. The first-order chi connectivity index (χ1) is 10.6. The van der Waals surface area contributed by atoms with Crippen molar-refractivity contribution in [2.24, 2.45) is 5.92 Å². The van der Waals surface area contributed by atoms with Crippen LogP contribution in [0.2, 0.25) is 0 Å². The fourth-order valence-corrected chi connectivity index (χ4v) is 3.75. The Morgan fingerprint density at radius 3 is 2.61 bits per heavy atom. The fraction of sp³-hybridized carbons (Fsp3) is 0.500. The summed E-state index contributed by atoms with van der Waals surface area (Å²) in [6, 6.07) is 5.76. The SMILES string of the molecule is CC1(NC(=O)c2cccc(S(C)(=O)=O)c2)CCCCC1C(=O)O. The zero-order chi connectivity index (χ0) is 17.3. The summed E-state index contributed by atoms with van der Waals surface area (Å²) in [5.41, 5.74) is -0.619. The van der Waals surface area contributed by atoms with E-state index in [-0.39, 0.29) is 10.5 Å². The molecule has 23 heavy (non-hydrogen) atoms. The van der Waals surface area contributed by atoms with Gasteiger partial charge in [-0.3, -0.25) is 9.59 Å². The summed E-state index contributed by atoms with van der Waals surface area (Å²) in [7, 11) is -3.41. The highest BCUT2D eigenvalue weighted by Gasteiger charge is 2.42. The minimum atomic E-state index is -3.41. The smallest absolute Gasteiger partial charge is 0.308 e. The molecule has 1 fully saturated rings. The highest BCUT2D eigenvalue weighted by molar-refractivity contribution is 7.90. The Morgan fingerprint density at radius 2 is 2.00 bits per heavy atom. The standard InChI is InChI=1S/C16H21NO5S/c1-16(9-4-3-8-13(16)15(19)20)17-14(18)11-6-5-7-12(10-11)23(2,21)22/h5-7,10,13H,3-4,8-9H2,1-2H3,(H,17,18)(H,19,20). The van der Waals surface area contributed by atoms with Crippen molar-refractivity contribution < 1.29 is 23.1 Å². The van der Waals surface area contributed by atoms with Gasteiger partial charge in [-0.15, -0.1) is 0 Å². The fourth-order valence-electron chi connectivity index (χ4n) is 3.08. The molecule has 0 spiro atoms. The van der Waals surface area contributed by atoms with Crippen LogP contribution >= 0.6 is 0 Å². The van der Waals surface area contributed by atoms with Crippen LogP contribution in [0.5, 0.6) is 0 Å². The highest BCUT2D eigenvalue weighted by atomic mass is 32.2. The molecule has 1 aliphatic rings. The molecule has 0 aliphatic heterocycles. The van der Waals surface area contributed by atoms with Gasteiger partial charge in [-0.25, -0.2) is 8.42 Å². The number of carbonyl (C=O) groups excluding carboxylic acids is 1. The Kier molecular flexibility index (Phi) is 4.79. The topological polar surface area (TPSA) is 101 Å². The van der Waals surface area contributed by atoms with E-state index in [1.165, 1.54) is 24.3 Å². The summed E-state index contributed by atoms with van der Waals surface area (Å²) < 4.78 is 23.2. The molecule has 1 amide bonds. The number of benzene rings is 1. The van der Waals surface area contributed by atoms with Crippen LogP contribution in [-0.4, -0.2) is 37.2 Å². The van der Waals surface area contributed by atoms with Crippen LogP contribution in [0.3, 0.4) is 0 Å². The molecule has 0 radical (unpaired) electrons. The first-order valence-corrected chi connectivity index (χ1v) is 9.38. The number of hydrogen-bond donors (Lipinski definition) is 2. The Balaban J connectivity index is 2.26. The van der Waals surface area contributed by atoms with E-state index < -0.39 is 33.2 Å². The average Bonchev–Trinajstić information content (AvgIpc) is 2.46. The lowest BCUT2D eigenvalue weighted by molar-refractivity contribution is -0.145. The zero-order valence-electron chi connectivity index (χ0n) is 13.2. The second-order valence-corrected chi connectivity index (χ2v) is 8.32. The highest BCUT2D eigenvalue weighted by Crippen LogP contribution is 2.34. The Hall–Kier alpha value is -1.89. The molecule has 0 heterocycles. The van der Waals surface area contributed by atoms with Gasteiger partial charge in [0, 0.05) is 11.8 Å². The van der Waals surface area contributed by atoms with Crippen LogP contribution in [0, 0.1) is 5.92 Å². The van der Waals surface area contributed by atoms with Gasteiger partial charge < -0.3 is 10.4 Å². The predicted molar refractivity (Wildman–Crippen MR) is 85.0 cm³/mol. The van der Waals surface area contributed by atoms with Gasteiger partial charge in [-0.2, -0.15) is 0 Å². The van der Waals surface area contributed by atoms with Crippen LogP contribution in [0.25, 0.3) is 0 Å². The summed E-state index contributed by atoms with van der Waals surface area (Å²) in [5.74, 6) is -2.01. The van der Waals surface area contributed by atoms with Crippen molar-refractivity contribution >= 4 is 21.7 Å². The van der Waals surface area contributed by atoms with E-state index >= 15 is 0 Å². The molecule has 126 valence electrons. The van der Waals surface area contributed by atoms with E-state index in [2.05, 4.69) is 5.32 Å². The molecule has 1 saturated carbocycles. The van der Waals surface area contributed by atoms with Crippen molar-refractivity contribution in [1.29, 1.82) is 0 Å². The molecule has 0 aromatic heterocycles. The van der Waals surface area contributed by atoms with E-state index in [0.29, 0.717) is 12.8 Å². The van der Waals surface area contributed by atoms with Crippen LogP contribution in [-0.2, 0) is 14.6 Å². The lowest BCUT2D eigenvalue weighted by atomic mass is 9.73. The largest absolute Gasteiger partial charge is 0.481 e. The molecule has 7 heteroatoms. The third-order valence-corrected chi connectivity index (χ3v) is 5.54. The minimum absolute atomic E-state index is 0.0636. The van der Waals surface area contributed by atoms with Gasteiger partial charge in [0.25, 0.3) is 5.91 Å². The number of rotatable bonds is 4. The molecule has 0 saturated heterocycles. The normalized spacial score (nSPS) is 24.9. The van der Waals surface area contributed by atoms with E-state index in [9.17, 15) is 23.1 Å². The second-order valence-electron chi connectivity index (χ2n) is 6.31. The number of aliphatic carboxylic acids is 1. The van der Waals surface area contributed by atoms with Crippen LogP contribution in [0.4, 0.5) is 0 Å². The predicted octanol–water partition coefficient (Wildman–Crippen LogP) is 1.85. The van der Waals surface area contributed by atoms with Crippen molar-refractivity contribution in [2.45, 2.75) is 43.0 Å². The number of carbonyl (C=O) groups is 2. The van der Waals surface area contributed by atoms with Crippen LogP contribution in [0.1, 0.15) is 43.0 Å². The van der Waals surface area contributed by atoms with Crippen molar-refractivity contribution in [3.8, 4) is 0 Å². The van der Waals surface area contributed by atoms with Crippen molar-refractivity contribution in [1.82, 2.24) is 5.32 Å². The van der Waals surface area contributed by atoms with Gasteiger partial charge in [0.2, 0.25) is 0 Å². The number of amides is 1. The molecule has 2 N–H and O–H groups in total. The third-order valence-electron chi connectivity index (χ3n) is 4.43. The minimum Gasteiger partial charge on any atom is -0.481 e. The number of nitrogens with one attached hydrogen (secondary N) is 1. The lowest BCUT2D eigenvalue weighted by Gasteiger charge is -2.39. The van der Waals surface area contributed by atoms with Crippen molar-refractivity contribution in [3.05, 3.63) is 29.8 Å². The van der Waals surface area contributed by atoms with Crippen molar-refractivity contribution in [2.75, 3.05) is 6.26 Å². The molecule has 6 nitrogen and oxygen atoms in total. The first-order valence-electron chi connectivity index (χ1n) is 7.49. The Labute approximate surface area is 135 Å². The van der Waals surface area contributed by atoms with Gasteiger partial charge >= 0.3 is 5.97 Å². The molecule has 1 aromatic carbocycles. The summed E-state index contributed by atoms with van der Waals surface area (Å²) in [6.45, 7) is 1.74. The van der Waals surface area contributed by atoms with E-state index in [4.69, 9.17) is 0 Å². The number of carboxylic acids is 1. The quantitative estimate of drug-likeness (QED) is 0.872. The molecule has 1 aromatic rings. The van der Waals surface area contributed by atoms with Crippen LogP contribution < -0.4 is 5.32 Å². The average molecular weight is 339 g/mol. The second kappa shape index (κ2) is 6.31. The molecular weight excluding hydrogens is 318 g/mol. The number of sulfone groups is 1. The first kappa shape index (κ1) is 17.5. The number of carboxylic acid groups (broad SMARTS) is 1. The summed E-state index contributed by atoms with van der Waals surface area (Å²) >= 11 is 0. The van der Waals surface area contributed by atoms with E-state index in [1.54, 1.807) is 6.92 Å². The van der Waals surface area contributed by atoms with Gasteiger partial charge in [0.15, 0.2) is 9.84 Å². The maximum absolute atomic E-state index is 12.5. The van der Waals surface area contributed by atoms with Gasteiger partial charge in [0.05, 0.1) is 16.4 Å². The summed E-state index contributed by atoms with van der Waals surface area (Å²) in [4.78, 5) is 24.0. The Bertz CT molecular complexity index is 728. The molecule has 0 bridgehead atoms. The van der Waals surface area contributed by atoms with Gasteiger partial charge in [-0.1, -0.05) is 18.9 Å². The van der Waals surface area contributed by atoms with Gasteiger partial charge in [0.1, 0.15) is 0 Å². The molecule has 2 atom stereocenters. The van der Waals surface area contributed by atoms with Crippen LogP contribution in [0.15, 0.2) is 29.2 Å². The number of hydrogen-bond acceptors (Lipinski definition) is 4. The maximum Gasteiger partial charge on any atom is 0.308 e. The zero-order valence-corrected chi connectivity index (χ0v) is 14.0. The van der Waals surface area contributed by atoms with Gasteiger partial charge in [-0.05, 0) is 38.0 Å². The third kappa shape index (κ3) is 3.90. The molecule has 2 unspecified atom stereocenters. The summed E-state index contributed by atoms with van der Waals surface area (Å²) in [5, 5.41) is 12.2. The van der Waals surface area contributed by atoms with E-state index in [0.717, 1.165) is 19.1 Å². The monoisotopic (exact) mass is 339 g/mol. The van der Waals surface area contributed by atoms with E-state index in [1.807, 2.05) is 0 Å². The van der Waals surface area contributed by atoms with Crippen molar-refractivity contribution in [3.63, 3.8) is 0 Å². The summed E-state index contributed by atoms with van der Waals surface area (Å²) in [6.07, 6.45) is 3.86. The molecule has 1 aliphatic carbocycles. The Morgan fingerprint density at radius 1 is 1.30 bits per heavy atom.